The number of carbonyl (C=O) groups is 2. The van der Waals surface area contributed by atoms with Crippen molar-refractivity contribution in [1.29, 1.82) is 0 Å². The second-order valence-corrected chi connectivity index (χ2v) is 5.91. The summed E-state index contributed by atoms with van der Waals surface area (Å²) in [5, 5.41) is 3.62. The van der Waals surface area contributed by atoms with Crippen molar-refractivity contribution in [2.45, 2.75) is 24.8 Å². The van der Waals surface area contributed by atoms with Crippen molar-refractivity contribution >= 4 is 34.5 Å². The monoisotopic (exact) mass is 318 g/mol. The number of pyridine rings is 1. The van der Waals surface area contributed by atoms with Crippen molar-refractivity contribution < 1.29 is 9.59 Å². The van der Waals surface area contributed by atoms with Crippen molar-refractivity contribution in [1.82, 2.24) is 15.7 Å². The minimum absolute atomic E-state index is 0.273. The van der Waals surface area contributed by atoms with Gasteiger partial charge in [-0.3, -0.25) is 20.0 Å². The number of amides is 2. The van der Waals surface area contributed by atoms with Crippen LogP contribution in [-0.4, -0.2) is 28.6 Å². The van der Waals surface area contributed by atoms with Gasteiger partial charge in [-0.1, -0.05) is 18.2 Å². The first-order chi connectivity index (χ1) is 10.5. The number of rotatable bonds is 5. The standard InChI is InChI=1S/C15H18N4O2S/c1-9-7-14(11-5-3-4-6-12(11)17-9)22-8-13(15(21)19-16)18-10(2)20/h3-7,13H,8,16H2,1-2H3,(H,18,20)(H,19,21). The molecule has 1 atom stereocenters. The molecule has 2 amide bonds. The Hall–Kier alpha value is -2.12. The number of aryl methyl sites for hydroxylation is 1. The molecule has 0 aliphatic heterocycles. The number of nitrogens with one attached hydrogen (secondary N) is 2. The number of thioether (sulfide) groups is 1. The van der Waals surface area contributed by atoms with Crippen molar-refractivity contribution in [3.05, 3.63) is 36.0 Å². The fourth-order valence-electron chi connectivity index (χ4n) is 2.09. The molecule has 0 radical (unpaired) electrons. The molecular formula is C15H18N4O2S. The number of hydrogen-bond donors (Lipinski definition) is 3. The van der Waals surface area contributed by atoms with Crippen LogP contribution in [0.15, 0.2) is 35.2 Å². The number of hydrazine groups is 1. The summed E-state index contributed by atoms with van der Waals surface area (Å²) in [5.41, 5.74) is 3.89. The average Bonchev–Trinajstić information content (AvgIpc) is 2.49. The molecule has 0 fully saturated rings. The molecule has 22 heavy (non-hydrogen) atoms. The van der Waals surface area contributed by atoms with Crippen LogP contribution in [0.1, 0.15) is 12.6 Å². The Balaban J connectivity index is 2.22. The first kappa shape index (κ1) is 16.3. The summed E-state index contributed by atoms with van der Waals surface area (Å²) in [7, 11) is 0. The number of nitrogens with zero attached hydrogens (tertiary/aromatic N) is 1. The molecule has 2 rings (SSSR count). The quantitative estimate of drug-likeness (QED) is 0.332. The fraction of sp³-hybridized carbons (Fsp3) is 0.267. The van der Waals surface area contributed by atoms with Gasteiger partial charge in [0.1, 0.15) is 6.04 Å². The number of carbonyl (C=O) groups excluding carboxylic acids is 2. The van der Waals surface area contributed by atoms with Gasteiger partial charge in [-0.25, -0.2) is 5.84 Å². The van der Waals surface area contributed by atoms with E-state index in [-0.39, 0.29) is 5.91 Å². The number of fused-ring (bicyclic) bond motifs is 1. The lowest BCUT2D eigenvalue weighted by Crippen LogP contribution is -2.49. The van der Waals surface area contributed by atoms with Crippen LogP contribution < -0.4 is 16.6 Å². The Kier molecular flexibility index (Phi) is 5.35. The molecule has 0 spiro atoms. The van der Waals surface area contributed by atoms with E-state index in [1.165, 1.54) is 18.7 Å². The number of benzene rings is 1. The minimum Gasteiger partial charge on any atom is -0.344 e. The number of nitrogens with two attached hydrogens (primary N) is 1. The third kappa shape index (κ3) is 3.96. The number of para-hydroxylation sites is 1. The molecule has 0 saturated carbocycles. The normalized spacial score (nSPS) is 12.0. The molecule has 1 heterocycles. The second kappa shape index (κ2) is 7.24. The highest BCUT2D eigenvalue weighted by Crippen LogP contribution is 2.28. The highest BCUT2D eigenvalue weighted by molar-refractivity contribution is 7.99. The Morgan fingerprint density at radius 3 is 2.77 bits per heavy atom. The summed E-state index contributed by atoms with van der Waals surface area (Å²) in [6, 6.07) is 9.11. The van der Waals surface area contributed by atoms with Gasteiger partial charge in [-0.05, 0) is 19.1 Å². The molecule has 0 aliphatic rings. The molecular weight excluding hydrogens is 300 g/mol. The number of hydrogen-bond acceptors (Lipinski definition) is 5. The minimum atomic E-state index is -0.681. The average molecular weight is 318 g/mol. The zero-order chi connectivity index (χ0) is 16.1. The van der Waals surface area contributed by atoms with Crippen molar-refractivity contribution in [3.63, 3.8) is 0 Å². The smallest absolute Gasteiger partial charge is 0.257 e. The maximum atomic E-state index is 11.7. The lowest BCUT2D eigenvalue weighted by molar-refractivity contribution is -0.127. The summed E-state index contributed by atoms with van der Waals surface area (Å²) < 4.78 is 0. The lowest BCUT2D eigenvalue weighted by Gasteiger charge is -2.16. The Bertz CT molecular complexity index is 705. The van der Waals surface area contributed by atoms with Gasteiger partial charge in [-0.2, -0.15) is 0 Å². The maximum absolute atomic E-state index is 11.7. The topological polar surface area (TPSA) is 97.1 Å². The third-order valence-electron chi connectivity index (χ3n) is 3.05. The summed E-state index contributed by atoms with van der Waals surface area (Å²) in [6.07, 6.45) is 0. The van der Waals surface area contributed by atoms with Gasteiger partial charge >= 0.3 is 0 Å². The molecule has 2 aromatic rings. The SMILES string of the molecule is CC(=O)NC(CSc1cc(C)nc2ccccc12)C(=O)NN. The molecule has 4 N–H and O–H groups in total. The second-order valence-electron chi connectivity index (χ2n) is 4.85. The molecule has 116 valence electrons. The fourth-order valence-corrected chi connectivity index (χ4v) is 3.25. The molecule has 6 nitrogen and oxygen atoms in total. The first-order valence-corrected chi connectivity index (χ1v) is 7.76. The predicted octanol–water partition coefficient (Wildman–Crippen LogP) is 1.13. The van der Waals surface area contributed by atoms with E-state index in [2.05, 4.69) is 15.7 Å². The van der Waals surface area contributed by atoms with Crippen LogP contribution in [-0.2, 0) is 9.59 Å². The largest absolute Gasteiger partial charge is 0.344 e. The molecule has 7 heteroatoms. The van der Waals surface area contributed by atoms with Crippen molar-refractivity contribution in [3.8, 4) is 0 Å². The van der Waals surface area contributed by atoms with Gasteiger partial charge in [0.05, 0.1) is 5.52 Å². The Morgan fingerprint density at radius 1 is 1.36 bits per heavy atom. The molecule has 0 bridgehead atoms. The van der Waals surface area contributed by atoms with Crippen molar-refractivity contribution in [2.75, 3.05) is 5.75 Å². The van der Waals surface area contributed by atoms with E-state index in [1.807, 2.05) is 37.3 Å². The summed E-state index contributed by atoms with van der Waals surface area (Å²) in [6.45, 7) is 3.29. The van der Waals surface area contributed by atoms with Gasteiger partial charge in [0.2, 0.25) is 5.91 Å². The summed E-state index contributed by atoms with van der Waals surface area (Å²) in [4.78, 5) is 28.4. The number of aromatic nitrogens is 1. The van der Waals surface area contributed by atoms with Gasteiger partial charge in [0.15, 0.2) is 0 Å². The Morgan fingerprint density at radius 2 is 2.09 bits per heavy atom. The van der Waals surface area contributed by atoms with E-state index < -0.39 is 11.9 Å². The molecule has 1 aromatic heterocycles. The van der Waals surface area contributed by atoms with E-state index in [1.54, 1.807) is 0 Å². The zero-order valence-corrected chi connectivity index (χ0v) is 13.2. The highest BCUT2D eigenvalue weighted by Gasteiger charge is 2.19. The Labute approximate surface area is 132 Å². The van der Waals surface area contributed by atoms with Gasteiger partial charge < -0.3 is 5.32 Å². The van der Waals surface area contributed by atoms with Gasteiger partial charge in [0, 0.05) is 28.7 Å². The van der Waals surface area contributed by atoms with E-state index in [0.717, 1.165) is 21.5 Å². The van der Waals surface area contributed by atoms with E-state index in [4.69, 9.17) is 5.84 Å². The van der Waals surface area contributed by atoms with Gasteiger partial charge in [-0.15, -0.1) is 11.8 Å². The van der Waals surface area contributed by atoms with Crippen LogP contribution in [0.4, 0.5) is 0 Å². The third-order valence-corrected chi connectivity index (χ3v) is 4.20. The van der Waals surface area contributed by atoms with Crippen LogP contribution in [0.25, 0.3) is 10.9 Å². The van der Waals surface area contributed by atoms with Crippen LogP contribution >= 0.6 is 11.8 Å². The lowest BCUT2D eigenvalue weighted by atomic mass is 10.2. The molecule has 0 aliphatic carbocycles. The summed E-state index contributed by atoms with van der Waals surface area (Å²) in [5.74, 6) is 4.86. The summed E-state index contributed by atoms with van der Waals surface area (Å²) >= 11 is 1.49. The first-order valence-electron chi connectivity index (χ1n) is 6.78. The van der Waals surface area contributed by atoms with Crippen LogP contribution in [0.5, 0.6) is 0 Å². The van der Waals surface area contributed by atoms with E-state index in [9.17, 15) is 9.59 Å². The van der Waals surface area contributed by atoms with Crippen LogP contribution in [0.2, 0.25) is 0 Å². The van der Waals surface area contributed by atoms with Crippen LogP contribution in [0.3, 0.4) is 0 Å². The maximum Gasteiger partial charge on any atom is 0.257 e. The van der Waals surface area contributed by atoms with E-state index >= 15 is 0 Å². The van der Waals surface area contributed by atoms with Gasteiger partial charge in [0.25, 0.3) is 5.91 Å². The van der Waals surface area contributed by atoms with Crippen LogP contribution in [0, 0.1) is 6.92 Å². The van der Waals surface area contributed by atoms with E-state index in [0.29, 0.717) is 5.75 Å². The predicted molar refractivity (Wildman–Crippen MR) is 87.1 cm³/mol. The zero-order valence-electron chi connectivity index (χ0n) is 12.4. The van der Waals surface area contributed by atoms with Crippen molar-refractivity contribution in [2.24, 2.45) is 5.84 Å². The highest BCUT2D eigenvalue weighted by atomic mass is 32.2. The molecule has 1 unspecified atom stereocenters. The molecule has 1 aromatic carbocycles. The molecule has 0 saturated heterocycles.